The Balaban J connectivity index is 2.15. The van der Waals surface area contributed by atoms with E-state index in [2.05, 4.69) is 42.7 Å². The fraction of sp³-hybridized carbons (Fsp3) is 0. The average Bonchev–Trinajstić information content (AvgIpc) is 2.70. The highest BCUT2D eigenvalue weighted by Crippen LogP contribution is 2.11. The van der Waals surface area contributed by atoms with Gasteiger partial charge in [-0.1, -0.05) is 15.7 Å². The Bertz CT molecular complexity index is 473. The Morgan fingerprint density at radius 2 is 2.33 bits per heavy atom. The summed E-state index contributed by atoms with van der Waals surface area (Å²) in [5, 5.41) is 10.0. The van der Waals surface area contributed by atoms with Gasteiger partial charge in [0.1, 0.15) is 0 Å². The number of rotatable bonds is 2. The summed E-state index contributed by atoms with van der Waals surface area (Å²) < 4.78 is 4.56. The Morgan fingerprint density at radius 3 is 3.00 bits per heavy atom. The van der Waals surface area contributed by atoms with Gasteiger partial charge in [0, 0.05) is 20.7 Å². The quantitative estimate of drug-likeness (QED) is 0.852. The maximum atomic E-state index is 11.7. The lowest BCUT2D eigenvalue weighted by Gasteiger charge is -2.00. The number of amides is 1. The summed E-state index contributed by atoms with van der Waals surface area (Å²) in [6, 6.07) is 7.29. The second-order valence-corrected chi connectivity index (χ2v) is 4.61. The minimum Gasteiger partial charge on any atom is -0.295 e. The van der Waals surface area contributed by atoms with Gasteiger partial charge < -0.3 is 0 Å². The van der Waals surface area contributed by atoms with Gasteiger partial charge in [-0.2, -0.15) is 0 Å². The zero-order valence-corrected chi connectivity index (χ0v) is 10.3. The monoisotopic (exact) mass is 332 g/mol. The number of hydrogen-bond acceptors (Lipinski definition) is 5. The van der Waals surface area contributed by atoms with Crippen LogP contribution in [0.2, 0.25) is 0 Å². The number of hydrogen-bond donors (Lipinski definition) is 1. The van der Waals surface area contributed by atoms with Gasteiger partial charge in [0.15, 0.2) is 0 Å². The topological polar surface area (TPSA) is 67.8 Å². The summed E-state index contributed by atoms with van der Waals surface area (Å²) in [4.78, 5) is 11.7. The first-order valence-corrected chi connectivity index (χ1v) is 5.83. The van der Waals surface area contributed by atoms with Gasteiger partial charge >= 0.3 is 0 Å². The normalized spacial score (nSPS) is 9.93. The van der Waals surface area contributed by atoms with Gasteiger partial charge in [-0.25, -0.2) is 0 Å². The number of nitrogens with zero attached hydrogens (tertiary/aromatic N) is 3. The van der Waals surface area contributed by atoms with Crippen LogP contribution >= 0.6 is 34.1 Å². The number of nitrogens with one attached hydrogen (secondary N) is 1. The SMILES string of the molecule is O=C(Nc1nnns1)c1cccc(I)c1. The molecule has 1 amide bonds. The lowest BCUT2D eigenvalue weighted by molar-refractivity contribution is 0.102. The molecule has 7 heteroatoms. The van der Waals surface area contributed by atoms with Gasteiger partial charge in [0.2, 0.25) is 5.13 Å². The van der Waals surface area contributed by atoms with E-state index < -0.39 is 0 Å². The number of aromatic nitrogens is 3. The van der Waals surface area contributed by atoms with Crippen LogP contribution in [0.25, 0.3) is 0 Å². The Kier molecular flexibility index (Phi) is 3.21. The molecule has 5 nitrogen and oxygen atoms in total. The summed E-state index contributed by atoms with van der Waals surface area (Å²) in [5.74, 6) is -0.202. The molecular formula is C8H5IN4OS. The van der Waals surface area contributed by atoms with Crippen molar-refractivity contribution >= 4 is 45.2 Å². The van der Waals surface area contributed by atoms with Crippen molar-refractivity contribution in [2.75, 3.05) is 5.32 Å². The van der Waals surface area contributed by atoms with Crippen molar-refractivity contribution in [1.29, 1.82) is 0 Å². The summed E-state index contributed by atoms with van der Waals surface area (Å²) in [7, 11) is 0. The maximum Gasteiger partial charge on any atom is 0.257 e. The van der Waals surface area contributed by atoms with E-state index in [1.165, 1.54) is 0 Å². The molecule has 0 fully saturated rings. The second kappa shape index (κ2) is 4.62. The molecule has 2 rings (SSSR count). The summed E-state index contributed by atoms with van der Waals surface area (Å²) in [6.45, 7) is 0. The first-order chi connectivity index (χ1) is 7.25. The molecule has 0 bridgehead atoms. The molecule has 15 heavy (non-hydrogen) atoms. The zero-order valence-electron chi connectivity index (χ0n) is 7.35. The van der Waals surface area contributed by atoms with Crippen LogP contribution < -0.4 is 5.32 Å². The van der Waals surface area contributed by atoms with E-state index in [0.717, 1.165) is 15.1 Å². The van der Waals surface area contributed by atoms with Crippen LogP contribution in [-0.4, -0.2) is 20.7 Å². The molecule has 0 saturated heterocycles. The Labute approximate surface area is 103 Å². The van der Waals surface area contributed by atoms with Crippen molar-refractivity contribution in [3.8, 4) is 0 Å². The number of carbonyl (C=O) groups excluding carboxylic acids is 1. The number of halogens is 1. The number of carbonyl (C=O) groups is 1. The third-order valence-electron chi connectivity index (χ3n) is 1.61. The molecule has 0 aliphatic carbocycles. The van der Waals surface area contributed by atoms with Gasteiger partial charge in [0.05, 0.1) is 0 Å². The first-order valence-electron chi connectivity index (χ1n) is 3.97. The maximum absolute atomic E-state index is 11.7. The molecule has 0 aliphatic rings. The molecule has 0 unspecified atom stereocenters. The van der Waals surface area contributed by atoms with Crippen LogP contribution in [0.4, 0.5) is 5.13 Å². The molecule has 1 aromatic carbocycles. The fourth-order valence-corrected chi connectivity index (χ4v) is 1.89. The van der Waals surface area contributed by atoms with Crippen LogP contribution in [-0.2, 0) is 0 Å². The van der Waals surface area contributed by atoms with E-state index in [0.29, 0.717) is 10.7 Å². The van der Waals surface area contributed by atoms with Crippen molar-refractivity contribution in [2.24, 2.45) is 0 Å². The van der Waals surface area contributed by atoms with E-state index in [4.69, 9.17) is 0 Å². The van der Waals surface area contributed by atoms with Crippen molar-refractivity contribution in [3.63, 3.8) is 0 Å². The lowest BCUT2D eigenvalue weighted by atomic mass is 10.2. The molecule has 0 spiro atoms. The average molecular weight is 332 g/mol. The molecule has 1 N–H and O–H groups in total. The first kappa shape index (κ1) is 10.4. The van der Waals surface area contributed by atoms with Crippen molar-refractivity contribution < 1.29 is 4.79 Å². The molecule has 2 aromatic rings. The predicted molar refractivity (Wildman–Crippen MR) is 64.8 cm³/mol. The summed E-state index contributed by atoms with van der Waals surface area (Å²) >= 11 is 3.19. The van der Waals surface area contributed by atoms with Crippen LogP contribution in [0.15, 0.2) is 24.3 Å². The molecule has 0 radical (unpaired) electrons. The molecule has 0 aliphatic heterocycles. The van der Waals surface area contributed by atoms with E-state index in [9.17, 15) is 4.79 Å². The van der Waals surface area contributed by atoms with Gasteiger partial charge in [-0.3, -0.25) is 10.1 Å². The van der Waals surface area contributed by atoms with Crippen LogP contribution in [0, 0.1) is 3.57 Å². The third kappa shape index (κ3) is 2.69. The number of benzene rings is 1. The lowest BCUT2D eigenvalue weighted by Crippen LogP contribution is -2.11. The zero-order chi connectivity index (χ0) is 10.7. The predicted octanol–water partition coefficient (Wildman–Crippen LogP) is 1.79. The fourth-order valence-electron chi connectivity index (χ4n) is 0.981. The van der Waals surface area contributed by atoms with Gasteiger partial charge in [0.25, 0.3) is 5.91 Å². The largest absolute Gasteiger partial charge is 0.295 e. The van der Waals surface area contributed by atoms with E-state index >= 15 is 0 Å². The molecule has 0 atom stereocenters. The van der Waals surface area contributed by atoms with Crippen LogP contribution in [0.1, 0.15) is 10.4 Å². The highest BCUT2D eigenvalue weighted by molar-refractivity contribution is 14.1. The van der Waals surface area contributed by atoms with E-state index in [1.807, 2.05) is 12.1 Å². The van der Waals surface area contributed by atoms with Crippen LogP contribution in [0.5, 0.6) is 0 Å². The number of anilines is 1. The van der Waals surface area contributed by atoms with Crippen LogP contribution in [0.3, 0.4) is 0 Å². The minimum absolute atomic E-state index is 0.202. The third-order valence-corrected chi connectivity index (χ3v) is 2.79. The van der Waals surface area contributed by atoms with Crippen molar-refractivity contribution in [2.45, 2.75) is 0 Å². The Hall–Kier alpha value is -1.09. The summed E-state index contributed by atoms with van der Waals surface area (Å²) in [6.07, 6.45) is 0. The van der Waals surface area contributed by atoms with Crippen molar-refractivity contribution in [1.82, 2.24) is 14.8 Å². The van der Waals surface area contributed by atoms with E-state index in [1.54, 1.807) is 12.1 Å². The molecular weight excluding hydrogens is 327 g/mol. The van der Waals surface area contributed by atoms with Gasteiger partial charge in [-0.15, -0.1) is 0 Å². The van der Waals surface area contributed by atoms with Crippen molar-refractivity contribution in [3.05, 3.63) is 33.4 Å². The molecule has 76 valence electrons. The standard InChI is InChI=1S/C8H5IN4OS/c9-6-3-1-2-5(4-6)7(14)10-8-11-12-13-15-8/h1-4H,(H,10,11,13,14). The minimum atomic E-state index is -0.202. The smallest absolute Gasteiger partial charge is 0.257 e. The molecule has 0 saturated carbocycles. The second-order valence-electron chi connectivity index (χ2n) is 2.63. The highest BCUT2D eigenvalue weighted by atomic mass is 127. The van der Waals surface area contributed by atoms with Gasteiger partial charge in [-0.05, 0) is 46.0 Å². The molecule has 1 aromatic heterocycles. The Morgan fingerprint density at radius 1 is 1.47 bits per heavy atom. The molecule has 1 heterocycles. The highest BCUT2D eigenvalue weighted by Gasteiger charge is 2.08. The summed E-state index contributed by atoms with van der Waals surface area (Å²) in [5.41, 5.74) is 0.595. The van der Waals surface area contributed by atoms with E-state index in [-0.39, 0.29) is 5.91 Å².